The highest BCUT2D eigenvalue weighted by molar-refractivity contribution is 6.27. The van der Waals surface area contributed by atoms with Crippen molar-refractivity contribution in [2.45, 2.75) is 18.9 Å². The van der Waals surface area contributed by atoms with Crippen LogP contribution in [0, 0.1) is 0 Å². The Hall–Kier alpha value is -1.95. The second-order valence-electron chi connectivity index (χ2n) is 5.31. The SMILES string of the molecule is COc1cccc(OC)c1C(=O)N1CCC(NC(=O)CCl)CC1. The molecule has 1 heterocycles. The maximum absolute atomic E-state index is 12.8. The minimum atomic E-state index is -0.178. The number of carbonyl (C=O) groups is 2. The monoisotopic (exact) mass is 340 g/mol. The number of methoxy groups -OCH3 is 2. The van der Waals surface area contributed by atoms with Crippen molar-refractivity contribution in [1.29, 1.82) is 0 Å². The van der Waals surface area contributed by atoms with E-state index in [0.717, 1.165) is 0 Å². The molecule has 1 aromatic carbocycles. The lowest BCUT2D eigenvalue weighted by atomic mass is 10.0. The molecule has 0 unspecified atom stereocenters. The number of hydrogen-bond donors (Lipinski definition) is 1. The Balaban J connectivity index is 2.07. The fourth-order valence-electron chi connectivity index (χ4n) is 2.71. The first kappa shape index (κ1) is 17.4. The van der Waals surface area contributed by atoms with Crippen molar-refractivity contribution in [3.8, 4) is 11.5 Å². The van der Waals surface area contributed by atoms with Gasteiger partial charge in [0, 0.05) is 19.1 Å². The molecule has 1 saturated heterocycles. The predicted molar refractivity (Wildman–Crippen MR) is 87.3 cm³/mol. The molecule has 6 nitrogen and oxygen atoms in total. The highest BCUT2D eigenvalue weighted by atomic mass is 35.5. The zero-order chi connectivity index (χ0) is 16.8. The van der Waals surface area contributed by atoms with Crippen LogP contribution in [0.4, 0.5) is 0 Å². The largest absolute Gasteiger partial charge is 0.496 e. The molecule has 1 fully saturated rings. The molecule has 0 radical (unpaired) electrons. The van der Waals surface area contributed by atoms with Gasteiger partial charge in [-0.25, -0.2) is 0 Å². The van der Waals surface area contributed by atoms with E-state index in [1.54, 1.807) is 23.1 Å². The Kier molecular flexibility index (Phi) is 6.10. The molecule has 2 rings (SSSR count). The van der Waals surface area contributed by atoms with Crippen molar-refractivity contribution in [1.82, 2.24) is 10.2 Å². The van der Waals surface area contributed by atoms with Crippen LogP contribution in [-0.4, -0.2) is 55.9 Å². The van der Waals surface area contributed by atoms with Gasteiger partial charge in [-0.15, -0.1) is 11.6 Å². The highest BCUT2D eigenvalue weighted by Crippen LogP contribution is 2.30. The summed E-state index contributed by atoms with van der Waals surface area (Å²) in [6.07, 6.45) is 1.40. The van der Waals surface area contributed by atoms with Gasteiger partial charge in [-0.2, -0.15) is 0 Å². The van der Waals surface area contributed by atoms with Crippen LogP contribution in [0.3, 0.4) is 0 Å². The molecular formula is C16H21ClN2O4. The van der Waals surface area contributed by atoms with Crippen molar-refractivity contribution in [2.75, 3.05) is 33.2 Å². The van der Waals surface area contributed by atoms with Crippen LogP contribution in [0.15, 0.2) is 18.2 Å². The molecular weight excluding hydrogens is 320 g/mol. The van der Waals surface area contributed by atoms with Crippen molar-refractivity contribution in [3.05, 3.63) is 23.8 Å². The fourth-order valence-corrected chi connectivity index (χ4v) is 2.79. The van der Waals surface area contributed by atoms with Crippen LogP contribution in [0.2, 0.25) is 0 Å². The van der Waals surface area contributed by atoms with Gasteiger partial charge < -0.3 is 19.7 Å². The van der Waals surface area contributed by atoms with Crippen molar-refractivity contribution < 1.29 is 19.1 Å². The van der Waals surface area contributed by atoms with E-state index in [-0.39, 0.29) is 23.7 Å². The molecule has 0 saturated carbocycles. The average Bonchev–Trinajstić information content (AvgIpc) is 2.60. The molecule has 126 valence electrons. The Labute approximate surface area is 140 Å². The number of likely N-dealkylation sites (tertiary alicyclic amines) is 1. The van der Waals surface area contributed by atoms with Crippen LogP contribution >= 0.6 is 11.6 Å². The maximum Gasteiger partial charge on any atom is 0.261 e. The van der Waals surface area contributed by atoms with Gasteiger partial charge in [0.05, 0.1) is 14.2 Å². The quantitative estimate of drug-likeness (QED) is 0.828. The number of hydrogen-bond acceptors (Lipinski definition) is 4. The van der Waals surface area contributed by atoms with Crippen molar-refractivity contribution in [2.24, 2.45) is 0 Å². The standard InChI is InChI=1S/C16H21ClN2O4/c1-22-12-4-3-5-13(23-2)15(12)16(21)19-8-6-11(7-9-19)18-14(20)10-17/h3-5,11H,6-10H2,1-2H3,(H,18,20). The van der Waals surface area contributed by atoms with Gasteiger partial charge in [-0.3, -0.25) is 9.59 Å². The number of nitrogens with zero attached hydrogens (tertiary/aromatic N) is 1. The number of nitrogens with one attached hydrogen (secondary N) is 1. The molecule has 1 aliphatic heterocycles. The molecule has 0 atom stereocenters. The Bertz CT molecular complexity index is 549. The summed E-state index contributed by atoms with van der Waals surface area (Å²) in [7, 11) is 3.05. The number of amides is 2. The van der Waals surface area contributed by atoms with Gasteiger partial charge in [-0.1, -0.05) is 6.07 Å². The first-order valence-electron chi connectivity index (χ1n) is 7.46. The topological polar surface area (TPSA) is 67.9 Å². The van der Waals surface area contributed by atoms with E-state index < -0.39 is 0 Å². The smallest absolute Gasteiger partial charge is 0.261 e. The third kappa shape index (κ3) is 4.07. The van der Waals surface area contributed by atoms with Crippen LogP contribution < -0.4 is 14.8 Å². The molecule has 0 spiro atoms. The average molecular weight is 341 g/mol. The van der Waals surface area contributed by atoms with Crippen LogP contribution in [0.5, 0.6) is 11.5 Å². The molecule has 0 bridgehead atoms. The lowest BCUT2D eigenvalue weighted by Crippen LogP contribution is -2.47. The van der Waals surface area contributed by atoms with Crippen molar-refractivity contribution in [3.63, 3.8) is 0 Å². The zero-order valence-corrected chi connectivity index (χ0v) is 14.1. The lowest BCUT2D eigenvalue weighted by molar-refractivity contribution is -0.119. The maximum atomic E-state index is 12.8. The van der Waals surface area contributed by atoms with Gasteiger partial charge in [0.1, 0.15) is 22.9 Å². The van der Waals surface area contributed by atoms with E-state index in [4.69, 9.17) is 21.1 Å². The Morgan fingerprint density at radius 3 is 2.26 bits per heavy atom. The Morgan fingerprint density at radius 1 is 1.22 bits per heavy atom. The number of rotatable bonds is 5. The van der Waals surface area contributed by atoms with Gasteiger partial charge in [0.2, 0.25) is 5.91 Å². The van der Waals surface area contributed by atoms with Gasteiger partial charge >= 0.3 is 0 Å². The number of carbonyl (C=O) groups excluding carboxylic acids is 2. The Morgan fingerprint density at radius 2 is 1.78 bits per heavy atom. The molecule has 23 heavy (non-hydrogen) atoms. The summed E-state index contributed by atoms with van der Waals surface area (Å²) in [5, 5.41) is 2.85. The summed E-state index contributed by atoms with van der Waals surface area (Å²) in [5.74, 6) is 0.639. The van der Waals surface area contributed by atoms with E-state index in [0.29, 0.717) is 43.0 Å². The summed E-state index contributed by atoms with van der Waals surface area (Å²) < 4.78 is 10.6. The predicted octanol–water partition coefficient (Wildman–Crippen LogP) is 1.66. The summed E-state index contributed by atoms with van der Waals surface area (Å²) >= 11 is 5.49. The van der Waals surface area contributed by atoms with Crippen molar-refractivity contribution >= 4 is 23.4 Å². The van der Waals surface area contributed by atoms with Crippen LogP contribution in [0.25, 0.3) is 0 Å². The minimum Gasteiger partial charge on any atom is -0.496 e. The van der Waals surface area contributed by atoms with E-state index >= 15 is 0 Å². The second kappa shape index (κ2) is 8.06. The second-order valence-corrected chi connectivity index (χ2v) is 5.57. The number of ether oxygens (including phenoxy) is 2. The molecule has 2 amide bonds. The summed E-state index contributed by atoms with van der Waals surface area (Å²) in [6.45, 7) is 1.13. The first-order chi connectivity index (χ1) is 11.1. The fraction of sp³-hybridized carbons (Fsp3) is 0.500. The number of benzene rings is 1. The van der Waals surface area contributed by atoms with Gasteiger partial charge in [-0.05, 0) is 25.0 Å². The molecule has 0 aromatic heterocycles. The van der Waals surface area contributed by atoms with E-state index in [9.17, 15) is 9.59 Å². The summed E-state index contributed by atoms with van der Waals surface area (Å²) in [5.41, 5.74) is 0.431. The first-order valence-corrected chi connectivity index (χ1v) is 7.99. The lowest BCUT2D eigenvalue weighted by Gasteiger charge is -2.32. The summed E-state index contributed by atoms with van der Waals surface area (Å²) in [6, 6.07) is 5.32. The molecule has 1 aliphatic rings. The molecule has 7 heteroatoms. The van der Waals surface area contributed by atoms with Gasteiger partial charge in [0.25, 0.3) is 5.91 Å². The third-order valence-corrected chi connectivity index (χ3v) is 4.15. The highest BCUT2D eigenvalue weighted by Gasteiger charge is 2.28. The van der Waals surface area contributed by atoms with E-state index in [2.05, 4.69) is 5.32 Å². The van der Waals surface area contributed by atoms with E-state index in [1.807, 2.05) is 0 Å². The number of piperidine rings is 1. The third-order valence-electron chi connectivity index (χ3n) is 3.91. The number of halogens is 1. The molecule has 1 N–H and O–H groups in total. The van der Waals surface area contributed by atoms with Gasteiger partial charge in [0.15, 0.2) is 0 Å². The van der Waals surface area contributed by atoms with Crippen LogP contribution in [0.1, 0.15) is 23.2 Å². The minimum absolute atomic E-state index is 0.0441. The van der Waals surface area contributed by atoms with Crippen LogP contribution in [-0.2, 0) is 4.79 Å². The van der Waals surface area contributed by atoms with E-state index in [1.165, 1.54) is 14.2 Å². The molecule has 1 aromatic rings. The number of alkyl halides is 1. The summed E-state index contributed by atoms with van der Waals surface area (Å²) in [4.78, 5) is 25.9. The molecule has 0 aliphatic carbocycles. The normalized spacial score (nSPS) is 15.2. The zero-order valence-electron chi connectivity index (χ0n) is 13.3.